The number of carbonyl (C=O) groups is 1. The monoisotopic (exact) mass is 282 g/mol. The number of aromatic nitrogens is 2. The van der Waals surface area contributed by atoms with E-state index in [4.69, 9.17) is 5.73 Å². The van der Waals surface area contributed by atoms with Crippen molar-refractivity contribution < 1.29 is 13.6 Å². The van der Waals surface area contributed by atoms with Gasteiger partial charge in [-0.2, -0.15) is 0 Å². The molecule has 1 unspecified atom stereocenters. The largest absolute Gasteiger partial charge is 0.369 e. The molecule has 0 aliphatic heterocycles. The van der Waals surface area contributed by atoms with E-state index in [2.05, 4.69) is 10.3 Å². The van der Waals surface area contributed by atoms with Gasteiger partial charge in [0.1, 0.15) is 17.4 Å². The van der Waals surface area contributed by atoms with Crippen molar-refractivity contribution >= 4 is 22.9 Å². The van der Waals surface area contributed by atoms with Gasteiger partial charge in [0, 0.05) is 18.7 Å². The van der Waals surface area contributed by atoms with Crippen molar-refractivity contribution in [2.75, 3.05) is 12.3 Å². The van der Waals surface area contributed by atoms with Crippen LogP contribution in [0.1, 0.15) is 26.3 Å². The third-order valence-corrected chi connectivity index (χ3v) is 3.06. The van der Waals surface area contributed by atoms with Gasteiger partial charge >= 0.3 is 0 Å². The minimum absolute atomic E-state index is 0.0244. The standard InChI is InChI=1S/C13H16F2N4O/c1-3-4-17-12(20)7(2)19-10-6-8(14)5-9(15)11(10)18-13(19)16/h5-7H,3-4H2,1-2H3,(H2,16,18)(H,17,20). The number of nitrogens with one attached hydrogen (secondary N) is 1. The van der Waals surface area contributed by atoms with Gasteiger partial charge in [0.25, 0.3) is 0 Å². The summed E-state index contributed by atoms with van der Waals surface area (Å²) in [4.78, 5) is 15.8. The van der Waals surface area contributed by atoms with Crippen molar-refractivity contribution in [3.8, 4) is 0 Å². The number of anilines is 1. The van der Waals surface area contributed by atoms with Crippen molar-refractivity contribution in [1.29, 1.82) is 0 Å². The average Bonchev–Trinajstić information content (AvgIpc) is 2.71. The number of halogens is 2. The molecule has 2 rings (SSSR count). The summed E-state index contributed by atoms with van der Waals surface area (Å²) in [6.45, 7) is 4.06. The molecule has 0 aliphatic carbocycles. The summed E-state index contributed by atoms with van der Waals surface area (Å²) in [6, 6.07) is 1.15. The third kappa shape index (κ3) is 2.43. The lowest BCUT2D eigenvalue weighted by Crippen LogP contribution is -2.32. The molecular weight excluding hydrogens is 266 g/mol. The first-order valence-electron chi connectivity index (χ1n) is 6.35. The van der Waals surface area contributed by atoms with E-state index in [0.717, 1.165) is 18.6 Å². The molecule has 0 bridgehead atoms. The van der Waals surface area contributed by atoms with Gasteiger partial charge in [-0.25, -0.2) is 13.8 Å². The number of rotatable bonds is 4. The highest BCUT2D eigenvalue weighted by Gasteiger charge is 2.22. The number of benzene rings is 1. The predicted molar refractivity (Wildman–Crippen MR) is 72.1 cm³/mol. The Bertz CT molecular complexity index is 653. The zero-order valence-electron chi connectivity index (χ0n) is 11.3. The molecule has 5 nitrogen and oxygen atoms in total. The smallest absolute Gasteiger partial charge is 0.242 e. The van der Waals surface area contributed by atoms with E-state index in [1.165, 1.54) is 4.57 Å². The van der Waals surface area contributed by atoms with E-state index < -0.39 is 17.7 Å². The normalized spacial score (nSPS) is 12.6. The summed E-state index contributed by atoms with van der Waals surface area (Å²) in [5, 5.41) is 2.71. The molecule has 0 fully saturated rings. The SMILES string of the molecule is CCCNC(=O)C(C)n1c(N)nc2c(F)cc(F)cc21. The Balaban J connectivity index is 2.48. The van der Waals surface area contributed by atoms with Gasteiger partial charge in [-0.15, -0.1) is 0 Å². The maximum Gasteiger partial charge on any atom is 0.242 e. The molecular formula is C13H16F2N4O. The van der Waals surface area contributed by atoms with E-state index in [1.807, 2.05) is 6.92 Å². The fourth-order valence-corrected chi connectivity index (χ4v) is 2.06. The Morgan fingerprint density at radius 2 is 2.20 bits per heavy atom. The number of carbonyl (C=O) groups excluding carboxylic acids is 1. The molecule has 0 spiro atoms. The second kappa shape index (κ2) is 5.44. The Morgan fingerprint density at radius 1 is 1.50 bits per heavy atom. The van der Waals surface area contributed by atoms with E-state index in [-0.39, 0.29) is 22.9 Å². The molecule has 1 atom stereocenters. The third-order valence-electron chi connectivity index (χ3n) is 3.06. The van der Waals surface area contributed by atoms with Crippen LogP contribution in [0.4, 0.5) is 14.7 Å². The first kappa shape index (κ1) is 14.2. The van der Waals surface area contributed by atoms with Crippen molar-refractivity contribution in [1.82, 2.24) is 14.9 Å². The van der Waals surface area contributed by atoms with Gasteiger partial charge in [0.2, 0.25) is 11.9 Å². The van der Waals surface area contributed by atoms with Crippen LogP contribution in [0.3, 0.4) is 0 Å². The molecule has 1 amide bonds. The number of nitrogen functional groups attached to an aromatic ring is 1. The van der Waals surface area contributed by atoms with Crippen molar-refractivity contribution in [2.24, 2.45) is 0 Å². The van der Waals surface area contributed by atoms with E-state index in [0.29, 0.717) is 6.54 Å². The topological polar surface area (TPSA) is 72.9 Å². The molecule has 1 aromatic heterocycles. The van der Waals surface area contributed by atoms with Crippen LogP contribution in [0.5, 0.6) is 0 Å². The average molecular weight is 282 g/mol. The fraction of sp³-hybridized carbons (Fsp3) is 0.385. The van der Waals surface area contributed by atoms with Crippen LogP contribution < -0.4 is 11.1 Å². The molecule has 0 aliphatic rings. The molecule has 1 heterocycles. The summed E-state index contributed by atoms with van der Waals surface area (Å²) in [5.74, 6) is -1.84. The van der Waals surface area contributed by atoms with Gasteiger partial charge in [0.05, 0.1) is 5.52 Å². The van der Waals surface area contributed by atoms with E-state index in [9.17, 15) is 13.6 Å². The van der Waals surface area contributed by atoms with Crippen LogP contribution in [0.2, 0.25) is 0 Å². The first-order chi connectivity index (χ1) is 9.45. The quantitative estimate of drug-likeness (QED) is 0.900. The Morgan fingerprint density at radius 3 is 2.85 bits per heavy atom. The van der Waals surface area contributed by atoms with Crippen LogP contribution in [-0.2, 0) is 4.79 Å². The second-order valence-corrected chi connectivity index (χ2v) is 4.56. The zero-order valence-corrected chi connectivity index (χ0v) is 11.3. The highest BCUT2D eigenvalue weighted by atomic mass is 19.1. The Kier molecular flexibility index (Phi) is 3.87. The Hall–Kier alpha value is -2.18. The minimum Gasteiger partial charge on any atom is -0.369 e. The molecule has 0 saturated carbocycles. The molecule has 7 heteroatoms. The summed E-state index contributed by atoms with van der Waals surface area (Å²) >= 11 is 0. The van der Waals surface area contributed by atoms with Crippen LogP contribution in [0.15, 0.2) is 12.1 Å². The lowest BCUT2D eigenvalue weighted by molar-refractivity contribution is -0.123. The summed E-state index contributed by atoms with van der Waals surface area (Å²) < 4.78 is 28.3. The number of nitrogens with zero attached hydrogens (tertiary/aromatic N) is 2. The van der Waals surface area contributed by atoms with Gasteiger partial charge in [0.15, 0.2) is 5.82 Å². The Labute approximate surface area is 114 Å². The molecule has 108 valence electrons. The molecule has 0 saturated heterocycles. The van der Waals surface area contributed by atoms with Crippen LogP contribution in [-0.4, -0.2) is 22.0 Å². The lowest BCUT2D eigenvalue weighted by Gasteiger charge is -2.15. The number of hydrogen-bond donors (Lipinski definition) is 2. The fourth-order valence-electron chi connectivity index (χ4n) is 2.06. The number of nitrogens with two attached hydrogens (primary N) is 1. The summed E-state index contributed by atoms with van der Waals surface area (Å²) in [5.41, 5.74) is 5.85. The highest BCUT2D eigenvalue weighted by Crippen LogP contribution is 2.25. The van der Waals surface area contributed by atoms with Crippen LogP contribution in [0.25, 0.3) is 11.0 Å². The molecule has 2 aromatic rings. The highest BCUT2D eigenvalue weighted by molar-refractivity contribution is 5.85. The minimum atomic E-state index is -0.799. The van der Waals surface area contributed by atoms with E-state index >= 15 is 0 Å². The number of amides is 1. The molecule has 20 heavy (non-hydrogen) atoms. The lowest BCUT2D eigenvalue weighted by atomic mass is 10.2. The van der Waals surface area contributed by atoms with Gasteiger partial charge in [-0.3, -0.25) is 9.36 Å². The maximum absolute atomic E-state index is 13.6. The summed E-state index contributed by atoms with van der Waals surface area (Å²) in [7, 11) is 0. The molecule has 3 N–H and O–H groups in total. The van der Waals surface area contributed by atoms with Gasteiger partial charge in [-0.1, -0.05) is 6.92 Å². The first-order valence-corrected chi connectivity index (χ1v) is 6.35. The van der Waals surface area contributed by atoms with Crippen LogP contribution in [0, 0.1) is 11.6 Å². The zero-order chi connectivity index (χ0) is 14.9. The molecule has 1 aromatic carbocycles. The van der Waals surface area contributed by atoms with Gasteiger partial charge < -0.3 is 11.1 Å². The molecule has 0 radical (unpaired) electrons. The predicted octanol–water partition coefficient (Wildman–Crippen LogP) is 1.98. The number of imidazole rings is 1. The van der Waals surface area contributed by atoms with Crippen molar-refractivity contribution in [2.45, 2.75) is 26.3 Å². The number of hydrogen-bond acceptors (Lipinski definition) is 3. The van der Waals surface area contributed by atoms with Crippen molar-refractivity contribution in [3.05, 3.63) is 23.8 Å². The van der Waals surface area contributed by atoms with Crippen LogP contribution >= 0.6 is 0 Å². The maximum atomic E-state index is 13.6. The summed E-state index contributed by atoms with van der Waals surface area (Å²) in [6.07, 6.45) is 0.794. The van der Waals surface area contributed by atoms with Gasteiger partial charge in [-0.05, 0) is 13.3 Å². The second-order valence-electron chi connectivity index (χ2n) is 4.56. The van der Waals surface area contributed by atoms with E-state index in [1.54, 1.807) is 6.92 Å². The van der Waals surface area contributed by atoms with Crippen molar-refractivity contribution in [3.63, 3.8) is 0 Å². The number of fused-ring (bicyclic) bond motifs is 1.